The molecule has 18 heavy (non-hydrogen) atoms. The average Bonchev–Trinajstić information content (AvgIpc) is 2.90. The van der Waals surface area contributed by atoms with Crippen molar-refractivity contribution in [2.45, 2.75) is 6.92 Å². The van der Waals surface area contributed by atoms with Crippen LogP contribution in [0, 0.1) is 6.92 Å². The Morgan fingerprint density at radius 2 is 1.72 bits per heavy atom. The number of pyridine rings is 1. The molecule has 1 aromatic carbocycles. The Morgan fingerprint density at radius 1 is 0.889 bits per heavy atom. The molecule has 0 saturated heterocycles. The molecule has 3 heteroatoms. The molecule has 0 saturated carbocycles. The van der Waals surface area contributed by atoms with Gasteiger partial charge >= 0.3 is 0 Å². The monoisotopic (exact) mass is 235 g/mol. The summed E-state index contributed by atoms with van der Waals surface area (Å²) < 4.78 is 1.89. The van der Waals surface area contributed by atoms with Gasteiger partial charge in [0.25, 0.3) is 0 Å². The van der Waals surface area contributed by atoms with Crippen LogP contribution >= 0.6 is 0 Å². The van der Waals surface area contributed by atoms with Crippen LogP contribution in [0.1, 0.15) is 5.56 Å². The van der Waals surface area contributed by atoms with Crippen LogP contribution in [0.4, 0.5) is 0 Å². The zero-order chi connectivity index (χ0) is 12.4. The second kappa shape index (κ2) is 4.45. The summed E-state index contributed by atoms with van der Waals surface area (Å²) in [5.74, 6) is 0. The summed E-state index contributed by atoms with van der Waals surface area (Å²) in [7, 11) is 0. The van der Waals surface area contributed by atoms with Gasteiger partial charge in [-0.05, 0) is 36.8 Å². The fourth-order valence-electron chi connectivity index (χ4n) is 1.93. The smallest absolute Gasteiger partial charge is 0.111 e. The molecule has 3 aromatic rings. The van der Waals surface area contributed by atoms with Gasteiger partial charge in [-0.2, -0.15) is 5.10 Å². The SMILES string of the molecule is Cc1ccccc1-n1ccc(-c2ccccn2)n1. The van der Waals surface area contributed by atoms with Gasteiger partial charge in [-0.1, -0.05) is 24.3 Å². The summed E-state index contributed by atoms with van der Waals surface area (Å²) in [4.78, 5) is 4.30. The van der Waals surface area contributed by atoms with Crippen LogP contribution in [0.2, 0.25) is 0 Å². The number of nitrogens with zero attached hydrogens (tertiary/aromatic N) is 3. The van der Waals surface area contributed by atoms with Gasteiger partial charge in [-0.15, -0.1) is 0 Å². The number of hydrogen-bond donors (Lipinski definition) is 0. The van der Waals surface area contributed by atoms with Crippen molar-refractivity contribution in [2.75, 3.05) is 0 Å². The molecule has 0 radical (unpaired) electrons. The molecule has 88 valence electrons. The van der Waals surface area contributed by atoms with Crippen molar-refractivity contribution in [3.05, 3.63) is 66.5 Å². The fourth-order valence-corrected chi connectivity index (χ4v) is 1.93. The minimum atomic E-state index is 0.888. The quantitative estimate of drug-likeness (QED) is 0.682. The van der Waals surface area contributed by atoms with Gasteiger partial charge in [0.15, 0.2) is 0 Å². The maximum absolute atomic E-state index is 4.57. The lowest BCUT2D eigenvalue weighted by Crippen LogP contribution is -1.97. The number of para-hydroxylation sites is 1. The highest BCUT2D eigenvalue weighted by Crippen LogP contribution is 2.17. The molecule has 2 heterocycles. The molecule has 0 amide bonds. The number of benzene rings is 1. The van der Waals surface area contributed by atoms with Gasteiger partial charge < -0.3 is 0 Å². The molecule has 3 rings (SSSR count). The Labute approximate surface area is 106 Å². The standard InChI is InChI=1S/C15H13N3/c1-12-6-2-3-8-15(12)18-11-9-14(17-18)13-7-4-5-10-16-13/h2-11H,1H3. The van der Waals surface area contributed by atoms with Crippen molar-refractivity contribution in [3.8, 4) is 17.1 Å². The van der Waals surface area contributed by atoms with Crippen LogP contribution in [-0.2, 0) is 0 Å². The van der Waals surface area contributed by atoms with Crippen molar-refractivity contribution in [3.63, 3.8) is 0 Å². The summed E-state index contributed by atoms with van der Waals surface area (Å²) in [5, 5.41) is 4.57. The number of hydrogen-bond acceptors (Lipinski definition) is 2. The highest BCUT2D eigenvalue weighted by molar-refractivity contribution is 5.53. The van der Waals surface area contributed by atoms with E-state index in [1.54, 1.807) is 6.20 Å². The summed E-state index contributed by atoms with van der Waals surface area (Å²) in [6.07, 6.45) is 3.74. The van der Waals surface area contributed by atoms with Crippen LogP contribution in [0.3, 0.4) is 0 Å². The first-order valence-corrected chi connectivity index (χ1v) is 5.88. The molecule has 0 fully saturated rings. The first-order valence-electron chi connectivity index (χ1n) is 5.88. The van der Waals surface area contributed by atoms with Crippen molar-refractivity contribution >= 4 is 0 Å². The van der Waals surface area contributed by atoms with Gasteiger partial charge in [0.05, 0.1) is 11.4 Å². The zero-order valence-corrected chi connectivity index (χ0v) is 10.1. The van der Waals surface area contributed by atoms with Crippen molar-refractivity contribution in [1.82, 2.24) is 14.8 Å². The minimum absolute atomic E-state index is 0.888. The molecule has 0 bridgehead atoms. The van der Waals surface area contributed by atoms with Gasteiger partial charge in [-0.3, -0.25) is 4.98 Å². The largest absolute Gasteiger partial charge is 0.255 e. The molecule has 0 unspecified atom stereocenters. The Bertz CT molecular complexity index is 656. The lowest BCUT2D eigenvalue weighted by Gasteiger charge is -2.04. The van der Waals surface area contributed by atoms with E-state index in [9.17, 15) is 0 Å². The Kier molecular flexibility index (Phi) is 2.65. The third kappa shape index (κ3) is 1.91. The molecule has 2 aromatic heterocycles. The molecular weight excluding hydrogens is 222 g/mol. The summed E-state index contributed by atoms with van der Waals surface area (Å²) in [6.45, 7) is 2.08. The normalized spacial score (nSPS) is 10.5. The second-order valence-electron chi connectivity index (χ2n) is 4.15. The number of rotatable bonds is 2. The topological polar surface area (TPSA) is 30.7 Å². The summed E-state index contributed by atoms with van der Waals surface area (Å²) in [5.41, 5.74) is 4.08. The Hall–Kier alpha value is -2.42. The Balaban J connectivity index is 2.03. The fraction of sp³-hybridized carbons (Fsp3) is 0.0667. The third-order valence-electron chi connectivity index (χ3n) is 2.88. The van der Waals surface area contributed by atoms with Gasteiger partial charge in [0, 0.05) is 12.4 Å². The third-order valence-corrected chi connectivity index (χ3v) is 2.88. The van der Waals surface area contributed by atoms with Crippen LogP contribution in [0.15, 0.2) is 60.9 Å². The van der Waals surface area contributed by atoms with E-state index in [2.05, 4.69) is 29.1 Å². The summed E-state index contributed by atoms with van der Waals surface area (Å²) in [6, 6.07) is 16.0. The molecule has 3 nitrogen and oxygen atoms in total. The van der Waals surface area contributed by atoms with E-state index in [0.717, 1.165) is 17.1 Å². The van der Waals surface area contributed by atoms with Crippen molar-refractivity contribution < 1.29 is 0 Å². The predicted molar refractivity (Wildman–Crippen MR) is 71.5 cm³/mol. The molecular formula is C15H13N3. The molecule has 0 aliphatic carbocycles. The van der Waals surface area contributed by atoms with Gasteiger partial charge in [-0.25, -0.2) is 4.68 Å². The number of aromatic nitrogens is 3. The predicted octanol–water partition coefficient (Wildman–Crippen LogP) is 3.24. The van der Waals surface area contributed by atoms with E-state index < -0.39 is 0 Å². The van der Waals surface area contributed by atoms with E-state index in [0.29, 0.717) is 0 Å². The van der Waals surface area contributed by atoms with Gasteiger partial charge in [0.2, 0.25) is 0 Å². The van der Waals surface area contributed by atoms with Crippen molar-refractivity contribution in [1.29, 1.82) is 0 Å². The maximum atomic E-state index is 4.57. The highest BCUT2D eigenvalue weighted by atomic mass is 15.3. The van der Waals surface area contributed by atoms with Crippen molar-refractivity contribution in [2.24, 2.45) is 0 Å². The maximum Gasteiger partial charge on any atom is 0.111 e. The Morgan fingerprint density at radius 3 is 2.50 bits per heavy atom. The average molecular weight is 235 g/mol. The van der Waals surface area contributed by atoms with Crippen LogP contribution in [0.25, 0.3) is 17.1 Å². The second-order valence-corrected chi connectivity index (χ2v) is 4.15. The number of aryl methyl sites for hydroxylation is 1. The van der Waals surface area contributed by atoms with Crippen LogP contribution in [0.5, 0.6) is 0 Å². The van der Waals surface area contributed by atoms with Gasteiger partial charge in [0.1, 0.15) is 5.69 Å². The zero-order valence-electron chi connectivity index (χ0n) is 10.1. The van der Waals surface area contributed by atoms with Crippen LogP contribution < -0.4 is 0 Å². The highest BCUT2D eigenvalue weighted by Gasteiger charge is 2.05. The first kappa shape index (κ1) is 10.7. The van der Waals surface area contributed by atoms with E-state index in [1.165, 1.54) is 5.56 Å². The summed E-state index contributed by atoms with van der Waals surface area (Å²) >= 11 is 0. The van der Waals surface area contributed by atoms with E-state index >= 15 is 0 Å². The van der Waals surface area contributed by atoms with Crippen LogP contribution in [-0.4, -0.2) is 14.8 Å². The molecule has 0 aliphatic rings. The van der Waals surface area contributed by atoms with E-state index in [-0.39, 0.29) is 0 Å². The lowest BCUT2D eigenvalue weighted by molar-refractivity contribution is 0.874. The van der Waals surface area contributed by atoms with E-state index in [4.69, 9.17) is 0 Å². The minimum Gasteiger partial charge on any atom is -0.255 e. The molecule has 0 aliphatic heterocycles. The van der Waals surface area contributed by atoms with E-state index in [1.807, 2.05) is 47.3 Å². The molecule has 0 spiro atoms. The lowest BCUT2D eigenvalue weighted by atomic mass is 10.2. The molecule has 0 N–H and O–H groups in total. The first-order chi connectivity index (χ1) is 8.84. The molecule has 0 atom stereocenters.